The molecule has 70 valence electrons. The molecule has 0 N–H and O–H groups in total. The third-order valence-electron chi connectivity index (χ3n) is 2.57. The largest absolute Gasteiger partial charge is 0.341 e. The molecule has 0 radical (unpaired) electrons. The highest BCUT2D eigenvalue weighted by Crippen LogP contribution is 2.36. The van der Waals surface area contributed by atoms with Gasteiger partial charge in [0.25, 0.3) is 0 Å². The van der Waals surface area contributed by atoms with Crippen molar-refractivity contribution in [3.05, 3.63) is 17.5 Å². The number of aldehydes is 1. The van der Waals surface area contributed by atoms with Crippen LogP contribution < -0.4 is 0 Å². The summed E-state index contributed by atoms with van der Waals surface area (Å²) in [5.74, 6) is 0. The molecule has 0 saturated carbocycles. The monoisotopic (exact) mass is 195 g/mol. The molecule has 0 aromatic carbocycles. The lowest BCUT2D eigenvalue weighted by molar-refractivity contribution is 0.111. The number of carbonyl (C=O) groups excluding carboxylic acids is 1. The normalized spacial score (nSPS) is 18.7. The van der Waals surface area contributed by atoms with Crippen LogP contribution in [0.1, 0.15) is 30.0 Å². The number of fused-ring (bicyclic) bond motifs is 1. The predicted molar refractivity (Wildman–Crippen MR) is 54.6 cm³/mol. The van der Waals surface area contributed by atoms with Gasteiger partial charge in [-0.3, -0.25) is 4.79 Å². The molecule has 2 rings (SSSR count). The zero-order valence-corrected chi connectivity index (χ0v) is 8.77. The van der Waals surface area contributed by atoms with Crippen molar-refractivity contribution >= 4 is 18.9 Å². The van der Waals surface area contributed by atoms with Crippen LogP contribution in [0, 0.1) is 5.41 Å². The first-order chi connectivity index (χ1) is 6.03. The Hall–Kier alpha value is -0.700. The van der Waals surface area contributed by atoms with Gasteiger partial charge in [-0.1, -0.05) is 13.8 Å². The summed E-state index contributed by atoms with van der Waals surface area (Å²) in [5.41, 5.74) is 2.23. The van der Waals surface area contributed by atoms with Gasteiger partial charge >= 0.3 is 0 Å². The molecular formula is C10H13NOS. The van der Waals surface area contributed by atoms with Crippen molar-refractivity contribution in [3.63, 3.8) is 0 Å². The summed E-state index contributed by atoms with van der Waals surface area (Å²) in [5, 5.41) is 0. The van der Waals surface area contributed by atoms with Crippen LogP contribution in [0.2, 0.25) is 0 Å². The number of thiol groups is 1. The van der Waals surface area contributed by atoms with Crippen molar-refractivity contribution in [1.29, 1.82) is 0 Å². The second-order valence-corrected chi connectivity index (χ2v) is 4.93. The standard InChI is InChI=1S/C10H13NOS/c1-10(2)4-8-9(13)3-7(5-12)11(8)6-10/h3,5,13H,4,6H2,1-2H3. The first kappa shape index (κ1) is 8.88. The average molecular weight is 195 g/mol. The number of carbonyl (C=O) groups is 1. The molecule has 3 heteroatoms. The SMILES string of the molecule is CC1(C)Cc2c(S)cc(C=O)n2C1. The lowest BCUT2D eigenvalue weighted by Crippen LogP contribution is -2.13. The number of hydrogen-bond donors (Lipinski definition) is 1. The second-order valence-electron chi connectivity index (χ2n) is 4.45. The van der Waals surface area contributed by atoms with Gasteiger partial charge in [0.2, 0.25) is 0 Å². The molecule has 1 aliphatic heterocycles. The Morgan fingerprint density at radius 3 is 2.92 bits per heavy atom. The Morgan fingerprint density at radius 1 is 1.62 bits per heavy atom. The summed E-state index contributed by atoms with van der Waals surface area (Å²) in [6, 6.07) is 1.85. The molecule has 13 heavy (non-hydrogen) atoms. The summed E-state index contributed by atoms with van der Waals surface area (Å²) in [6.07, 6.45) is 1.92. The second kappa shape index (κ2) is 2.64. The van der Waals surface area contributed by atoms with E-state index in [1.165, 1.54) is 5.69 Å². The van der Waals surface area contributed by atoms with Gasteiger partial charge < -0.3 is 4.57 Å². The molecule has 1 aromatic rings. The molecule has 2 heterocycles. The minimum Gasteiger partial charge on any atom is -0.341 e. The molecule has 0 atom stereocenters. The van der Waals surface area contributed by atoms with Crippen LogP contribution in [-0.2, 0) is 13.0 Å². The van der Waals surface area contributed by atoms with Gasteiger partial charge in [0.05, 0.1) is 5.69 Å². The molecule has 0 bridgehead atoms. The Kier molecular flexibility index (Phi) is 1.80. The van der Waals surface area contributed by atoms with E-state index >= 15 is 0 Å². The molecular weight excluding hydrogens is 182 g/mol. The highest BCUT2D eigenvalue weighted by Gasteiger charge is 2.31. The first-order valence-electron chi connectivity index (χ1n) is 4.40. The first-order valence-corrected chi connectivity index (χ1v) is 4.85. The Balaban J connectivity index is 2.52. The van der Waals surface area contributed by atoms with Crippen LogP contribution in [0.15, 0.2) is 11.0 Å². The Bertz CT molecular complexity index is 365. The maximum atomic E-state index is 10.7. The lowest BCUT2D eigenvalue weighted by Gasteiger charge is -2.15. The molecule has 0 unspecified atom stereocenters. The molecule has 0 aliphatic carbocycles. The van der Waals surface area contributed by atoms with Crippen molar-refractivity contribution in [1.82, 2.24) is 4.57 Å². The number of rotatable bonds is 1. The zero-order chi connectivity index (χ0) is 9.64. The molecule has 0 saturated heterocycles. The Morgan fingerprint density at radius 2 is 2.31 bits per heavy atom. The maximum absolute atomic E-state index is 10.7. The fourth-order valence-electron chi connectivity index (χ4n) is 2.00. The van der Waals surface area contributed by atoms with Crippen LogP contribution in [0.4, 0.5) is 0 Å². The van der Waals surface area contributed by atoms with E-state index < -0.39 is 0 Å². The molecule has 0 fully saturated rings. The molecule has 1 aliphatic rings. The minimum atomic E-state index is 0.270. The summed E-state index contributed by atoms with van der Waals surface area (Å²) in [7, 11) is 0. The van der Waals surface area contributed by atoms with Gasteiger partial charge in [-0.15, -0.1) is 12.6 Å². The average Bonchev–Trinajstić information content (AvgIpc) is 2.47. The van der Waals surface area contributed by atoms with Gasteiger partial charge in [-0.05, 0) is 17.9 Å². The van der Waals surface area contributed by atoms with Crippen molar-refractivity contribution in [2.45, 2.75) is 31.7 Å². The molecule has 2 nitrogen and oxygen atoms in total. The lowest BCUT2D eigenvalue weighted by atomic mass is 9.91. The van der Waals surface area contributed by atoms with Crippen LogP contribution >= 0.6 is 12.6 Å². The molecule has 0 amide bonds. The van der Waals surface area contributed by atoms with E-state index in [4.69, 9.17) is 0 Å². The third-order valence-corrected chi connectivity index (χ3v) is 2.96. The van der Waals surface area contributed by atoms with Crippen molar-refractivity contribution in [2.75, 3.05) is 0 Å². The van der Waals surface area contributed by atoms with E-state index in [0.29, 0.717) is 0 Å². The van der Waals surface area contributed by atoms with E-state index in [1.807, 2.05) is 6.07 Å². The minimum absolute atomic E-state index is 0.270. The van der Waals surface area contributed by atoms with Crippen LogP contribution in [-0.4, -0.2) is 10.9 Å². The highest BCUT2D eigenvalue weighted by atomic mass is 32.1. The van der Waals surface area contributed by atoms with E-state index in [2.05, 4.69) is 31.0 Å². The van der Waals surface area contributed by atoms with E-state index in [0.717, 1.165) is 29.8 Å². The summed E-state index contributed by atoms with van der Waals surface area (Å²) >= 11 is 4.36. The summed E-state index contributed by atoms with van der Waals surface area (Å²) in [4.78, 5) is 11.7. The smallest absolute Gasteiger partial charge is 0.166 e. The van der Waals surface area contributed by atoms with Gasteiger partial charge in [0.15, 0.2) is 6.29 Å². The van der Waals surface area contributed by atoms with Crippen molar-refractivity contribution in [2.24, 2.45) is 5.41 Å². The fraction of sp³-hybridized carbons (Fsp3) is 0.500. The highest BCUT2D eigenvalue weighted by molar-refractivity contribution is 7.80. The third kappa shape index (κ3) is 1.31. The van der Waals surface area contributed by atoms with E-state index in [9.17, 15) is 4.79 Å². The molecule has 1 aromatic heterocycles. The van der Waals surface area contributed by atoms with Crippen LogP contribution in [0.25, 0.3) is 0 Å². The number of hydrogen-bond acceptors (Lipinski definition) is 2. The van der Waals surface area contributed by atoms with Gasteiger partial charge in [-0.2, -0.15) is 0 Å². The van der Waals surface area contributed by atoms with Crippen LogP contribution in [0.5, 0.6) is 0 Å². The number of nitrogens with zero attached hydrogens (tertiary/aromatic N) is 1. The quantitative estimate of drug-likeness (QED) is 0.538. The van der Waals surface area contributed by atoms with Crippen LogP contribution in [0.3, 0.4) is 0 Å². The Labute approximate surface area is 83.4 Å². The fourth-order valence-corrected chi connectivity index (χ4v) is 2.34. The summed E-state index contributed by atoms with van der Waals surface area (Å²) in [6.45, 7) is 5.35. The van der Waals surface area contributed by atoms with Gasteiger partial charge in [0, 0.05) is 17.1 Å². The zero-order valence-electron chi connectivity index (χ0n) is 7.87. The van der Waals surface area contributed by atoms with Crippen molar-refractivity contribution < 1.29 is 4.79 Å². The number of aromatic nitrogens is 1. The van der Waals surface area contributed by atoms with Gasteiger partial charge in [-0.25, -0.2) is 0 Å². The van der Waals surface area contributed by atoms with Gasteiger partial charge in [0.1, 0.15) is 0 Å². The summed E-state index contributed by atoms with van der Waals surface area (Å²) < 4.78 is 2.08. The molecule has 0 spiro atoms. The van der Waals surface area contributed by atoms with E-state index in [-0.39, 0.29) is 5.41 Å². The topological polar surface area (TPSA) is 22.0 Å². The van der Waals surface area contributed by atoms with E-state index in [1.54, 1.807) is 0 Å². The maximum Gasteiger partial charge on any atom is 0.166 e. The predicted octanol–water partition coefficient (Wildman–Crippen LogP) is 2.17. The van der Waals surface area contributed by atoms with Crippen molar-refractivity contribution in [3.8, 4) is 0 Å².